The minimum atomic E-state index is -0.121. The molecule has 0 saturated carbocycles. The summed E-state index contributed by atoms with van der Waals surface area (Å²) in [5.74, 6) is -0.241. The molecule has 0 aromatic heterocycles. The molecule has 0 unspecified atom stereocenters. The summed E-state index contributed by atoms with van der Waals surface area (Å²) < 4.78 is 0. The molecule has 114 valence electrons. The van der Waals surface area contributed by atoms with Gasteiger partial charge < -0.3 is 6.15 Å². The lowest BCUT2D eigenvalue weighted by Gasteiger charge is -2.02. The largest absolute Gasteiger partial charge is 0.344 e. The zero-order valence-corrected chi connectivity index (χ0v) is 12.6. The molecular formula is C20H17NO2. The Morgan fingerprint density at radius 1 is 0.478 bits per heavy atom. The second-order valence-electron chi connectivity index (χ2n) is 4.98. The predicted octanol–water partition coefficient (Wildman–Crippen LogP) is 4.41. The van der Waals surface area contributed by atoms with Crippen molar-refractivity contribution < 1.29 is 9.59 Å². The van der Waals surface area contributed by atoms with Gasteiger partial charge in [-0.2, -0.15) is 0 Å². The summed E-state index contributed by atoms with van der Waals surface area (Å²) in [6.45, 7) is 0. The molecule has 23 heavy (non-hydrogen) atoms. The first-order chi connectivity index (χ1) is 10.7. The van der Waals surface area contributed by atoms with Crippen molar-refractivity contribution in [3.8, 4) is 0 Å². The monoisotopic (exact) mass is 303 g/mol. The van der Waals surface area contributed by atoms with Gasteiger partial charge in [0, 0.05) is 0 Å². The van der Waals surface area contributed by atoms with Gasteiger partial charge in [0.1, 0.15) is 0 Å². The van der Waals surface area contributed by atoms with Crippen molar-refractivity contribution in [3.05, 3.63) is 85.0 Å². The van der Waals surface area contributed by atoms with Gasteiger partial charge in [0.05, 0.1) is 0 Å². The molecule has 0 spiro atoms. The van der Waals surface area contributed by atoms with Crippen LogP contribution in [0.4, 0.5) is 0 Å². The normalized spacial score (nSPS) is 12.7. The van der Waals surface area contributed by atoms with Crippen LogP contribution in [-0.4, -0.2) is 11.6 Å². The van der Waals surface area contributed by atoms with Gasteiger partial charge in [0.15, 0.2) is 11.6 Å². The molecule has 0 amide bonds. The van der Waals surface area contributed by atoms with Gasteiger partial charge in [-0.25, -0.2) is 0 Å². The quantitative estimate of drug-likeness (QED) is 0.494. The van der Waals surface area contributed by atoms with E-state index in [1.165, 1.54) is 45.8 Å². The van der Waals surface area contributed by atoms with E-state index in [2.05, 4.69) is 60.7 Å². The Morgan fingerprint density at radius 3 is 1.22 bits per heavy atom. The van der Waals surface area contributed by atoms with E-state index < -0.39 is 0 Å². The number of rotatable bonds is 0. The number of hydrogen-bond donors (Lipinski definition) is 1. The third kappa shape index (κ3) is 3.78. The Bertz CT molecular complexity index is 830. The molecule has 3 N–H and O–H groups in total. The lowest BCUT2D eigenvalue weighted by atomic mass is 10.0. The maximum atomic E-state index is 10.3. The van der Waals surface area contributed by atoms with Crippen LogP contribution in [0.2, 0.25) is 0 Å². The third-order valence-electron chi connectivity index (χ3n) is 3.48. The zero-order chi connectivity index (χ0) is 15.4. The molecule has 3 aromatic rings. The van der Waals surface area contributed by atoms with Gasteiger partial charge in [0.2, 0.25) is 0 Å². The summed E-state index contributed by atoms with van der Waals surface area (Å²) >= 11 is 0. The molecule has 3 heteroatoms. The Balaban J connectivity index is 0.000000185. The number of hydrogen-bond acceptors (Lipinski definition) is 3. The van der Waals surface area contributed by atoms with Crippen molar-refractivity contribution in [3.63, 3.8) is 0 Å². The fourth-order valence-corrected chi connectivity index (χ4v) is 2.39. The van der Waals surface area contributed by atoms with Crippen molar-refractivity contribution in [2.45, 2.75) is 0 Å². The van der Waals surface area contributed by atoms with Gasteiger partial charge in [-0.05, 0) is 45.8 Å². The fourth-order valence-electron chi connectivity index (χ4n) is 2.39. The van der Waals surface area contributed by atoms with E-state index in [1.54, 1.807) is 0 Å². The van der Waals surface area contributed by atoms with Crippen molar-refractivity contribution in [1.29, 1.82) is 0 Å². The number of fused-ring (bicyclic) bond motifs is 3. The van der Waals surface area contributed by atoms with Crippen LogP contribution in [0.5, 0.6) is 0 Å². The van der Waals surface area contributed by atoms with E-state index in [9.17, 15) is 9.59 Å². The third-order valence-corrected chi connectivity index (χ3v) is 3.48. The second kappa shape index (κ2) is 7.29. The van der Waals surface area contributed by atoms with Crippen LogP contribution >= 0.6 is 0 Å². The van der Waals surface area contributed by atoms with E-state index in [0.29, 0.717) is 0 Å². The minimum absolute atomic E-state index is 0. The summed E-state index contributed by atoms with van der Waals surface area (Å²) in [5.41, 5.74) is 0. The molecule has 1 aliphatic carbocycles. The standard InChI is InChI=1S/C14H10.C6H4O2.H3N/c1-3-7-13-11(5-1)9-10-12-6-2-4-8-14(12)13;7-5-1-2-6(8)4-3-5;/h1-10H;1-4H;1H3. The van der Waals surface area contributed by atoms with Crippen LogP contribution in [0.25, 0.3) is 21.5 Å². The lowest BCUT2D eigenvalue weighted by Crippen LogP contribution is -1.97. The van der Waals surface area contributed by atoms with Gasteiger partial charge in [-0.15, -0.1) is 0 Å². The van der Waals surface area contributed by atoms with Crippen molar-refractivity contribution in [2.24, 2.45) is 0 Å². The van der Waals surface area contributed by atoms with Gasteiger partial charge in [0.25, 0.3) is 0 Å². The van der Waals surface area contributed by atoms with Gasteiger partial charge in [-0.1, -0.05) is 60.7 Å². The summed E-state index contributed by atoms with van der Waals surface area (Å²) in [5, 5.41) is 5.30. The number of benzene rings is 3. The first-order valence-electron chi connectivity index (χ1n) is 7.04. The molecule has 0 radical (unpaired) electrons. The van der Waals surface area contributed by atoms with Crippen LogP contribution in [0.3, 0.4) is 0 Å². The lowest BCUT2D eigenvalue weighted by molar-refractivity contribution is -0.113. The molecular weight excluding hydrogens is 286 g/mol. The van der Waals surface area contributed by atoms with Crippen LogP contribution < -0.4 is 6.15 Å². The maximum Gasteiger partial charge on any atom is 0.178 e. The van der Waals surface area contributed by atoms with Crippen molar-refractivity contribution in [2.75, 3.05) is 0 Å². The zero-order valence-electron chi connectivity index (χ0n) is 12.6. The van der Waals surface area contributed by atoms with Crippen LogP contribution in [0.1, 0.15) is 0 Å². The number of ketones is 2. The van der Waals surface area contributed by atoms with E-state index in [0.717, 1.165) is 0 Å². The summed E-state index contributed by atoms with van der Waals surface area (Å²) in [6, 6.07) is 21.4. The molecule has 1 aliphatic rings. The first kappa shape index (κ1) is 16.3. The minimum Gasteiger partial charge on any atom is -0.344 e. The van der Waals surface area contributed by atoms with E-state index in [1.807, 2.05) is 0 Å². The summed E-state index contributed by atoms with van der Waals surface area (Å²) in [7, 11) is 0. The molecule has 0 fully saturated rings. The van der Waals surface area contributed by atoms with Crippen LogP contribution in [0.15, 0.2) is 85.0 Å². The molecule has 0 saturated heterocycles. The Hall–Kier alpha value is -3.04. The maximum absolute atomic E-state index is 10.3. The highest BCUT2D eigenvalue weighted by Crippen LogP contribution is 2.24. The number of carbonyl (C=O) groups excluding carboxylic acids is 2. The second-order valence-corrected chi connectivity index (χ2v) is 4.98. The number of allylic oxidation sites excluding steroid dienone is 4. The highest BCUT2D eigenvalue weighted by molar-refractivity contribution is 6.14. The van der Waals surface area contributed by atoms with Gasteiger partial charge >= 0.3 is 0 Å². The summed E-state index contributed by atoms with van der Waals surface area (Å²) in [6.07, 6.45) is 5.01. The topological polar surface area (TPSA) is 69.1 Å². The van der Waals surface area contributed by atoms with Crippen LogP contribution in [-0.2, 0) is 9.59 Å². The molecule has 0 aliphatic heterocycles. The Morgan fingerprint density at radius 2 is 0.826 bits per heavy atom. The molecule has 0 atom stereocenters. The Labute approximate surface area is 134 Å². The van der Waals surface area contributed by atoms with Crippen LogP contribution in [0, 0.1) is 0 Å². The summed E-state index contributed by atoms with van der Waals surface area (Å²) in [4.78, 5) is 20.6. The number of carbonyl (C=O) groups is 2. The van der Waals surface area contributed by atoms with E-state index in [4.69, 9.17) is 0 Å². The fraction of sp³-hybridized carbons (Fsp3) is 0. The molecule has 0 heterocycles. The molecule has 4 rings (SSSR count). The van der Waals surface area contributed by atoms with Crippen molar-refractivity contribution in [1.82, 2.24) is 6.15 Å². The average Bonchev–Trinajstić information content (AvgIpc) is 2.58. The molecule has 3 aromatic carbocycles. The average molecular weight is 303 g/mol. The predicted molar refractivity (Wildman–Crippen MR) is 94.8 cm³/mol. The Kier molecular flexibility index (Phi) is 5.18. The first-order valence-corrected chi connectivity index (χ1v) is 7.04. The molecule has 0 bridgehead atoms. The van der Waals surface area contributed by atoms with Crippen molar-refractivity contribution >= 4 is 33.1 Å². The van der Waals surface area contributed by atoms with Gasteiger partial charge in [-0.3, -0.25) is 9.59 Å². The smallest absolute Gasteiger partial charge is 0.178 e. The SMILES string of the molecule is N.O=C1C=CC(=O)C=C1.c1ccc2c(c1)ccc1ccccc12. The van der Waals surface area contributed by atoms with E-state index in [-0.39, 0.29) is 17.7 Å². The molecule has 3 nitrogen and oxygen atoms in total. The highest BCUT2D eigenvalue weighted by atomic mass is 16.1. The van der Waals surface area contributed by atoms with E-state index >= 15 is 0 Å². The highest BCUT2D eigenvalue weighted by Gasteiger charge is 1.98.